The first-order valence-electron chi connectivity index (χ1n) is 17.9. The second kappa shape index (κ2) is 12.3. The van der Waals surface area contributed by atoms with Gasteiger partial charge < -0.3 is 4.42 Å². The molecule has 0 spiro atoms. The minimum Gasteiger partial charge on any atom is -0.455 e. The summed E-state index contributed by atoms with van der Waals surface area (Å²) in [6.45, 7) is 0. The molecule has 5 nitrogen and oxygen atoms in total. The zero-order chi connectivity index (χ0) is 35.6. The first kappa shape index (κ1) is 30.6. The van der Waals surface area contributed by atoms with E-state index in [0.29, 0.717) is 17.5 Å². The monoisotopic (exact) mass is 708 g/mol. The molecule has 7 aromatic carbocycles. The zero-order valence-corrected chi connectivity index (χ0v) is 29.6. The second-order valence-electron chi connectivity index (χ2n) is 13.4. The van der Waals surface area contributed by atoms with Crippen LogP contribution in [0.25, 0.3) is 110 Å². The standard InChI is InChI=1S/C48H28N4OS/c1-3-13-29(14-4-1)46-50-47(30-15-5-2-6-16-30)52-48(51-46)33-18-11-17-32(27-33)43-42-38-20-8-10-24-41(38)54-45(42)37-26-25-31(28-39(37)49-43)34-21-12-22-36-35-19-7-9-23-40(35)53-44(34)36/h1-28H. The summed E-state index contributed by atoms with van der Waals surface area (Å²) in [5.41, 5.74) is 9.50. The fourth-order valence-electron chi connectivity index (χ4n) is 7.56. The van der Waals surface area contributed by atoms with E-state index in [2.05, 4.69) is 97.1 Å². The molecular weight excluding hydrogens is 681 g/mol. The highest BCUT2D eigenvalue weighted by Gasteiger charge is 2.19. The third kappa shape index (κ3) is 4.99. The van der Waals surface area contributed by atoms with Crippen LogP contribution < -0.4 is 0 Å². The van der Waals surface area contributed by atoms with Crippen molar-refractivity contribution in [1.29, 1.82) is 0 Å². The number of hydrogen-bond donors (Lipinski definition) is 0. The van der Waals surface area contributed by atoms with Gasteiger partial charge >= 0.3 is 0 Å². The molecule has 0 fully saturated rings. The largest absolute Gasteiger partial charge is 0.455 e. The number of pyridine rings is 1. The van der Waals surface area contributed by atoms with Crippen molar-refractivity contribution in [3.05, 3.63) is 170 Å². The number of furan rings is 1. The summed E-state index contributed by atoms with van der Waals surface area (Å²) in [5, 5.41) is 5.70. The van der Waals surface area contributed by atoms with Gasteiger partial charge in [0.1, 0.15) is 11.2 Å². The molecule has 0 aliphatic rings. The third-order valence-corrected chi connectivity index (χ3v) is 11.3. The average molecular weight is 709 g/mol. The van der Waals surface area contributed by atoms with E-state index in [1.54, 1.807) is 0 Å². The Morgan fingerprint density at radius 3 is 1.80 bits per heavy atom. The Morgan fingerprint density at radius 1 is 0.407 bits per heavy atom. The van der Waals surface area contributed by atoms with Crippen LogP contribution in [0.1, 0.15) is 0 Å². The Balaban J connectivity index is 1.12. The van der Waals surface area contributed by atoms with Gasteiger partial charge in [0, 0.05) is 64.1 Å². The van der Waals surface area contributed by atoms with Crippen molar-refractivity contribution in [3.63, 3.8) is 0 Å². The van der Waals surface area contributed by atoms with Gasteiger partial charge in [0.2, 0.25) is 0 Å². The van der Waals surface area contributed by atoms with Gasteiger partial charge in [-0.3, -0.25) is 0 Å². The molecule has 252 valence electrons. The number of aromatic nitrogens is 4. The molecule has 4 heterocycles. The van der Waals surface area contributed by atoms with E-state index in [1.807, 2.05) is 84.1 Å². The van der Waals surface area contributed by atoms with Gasteiger partial charge in [-0.2, -0.15) is 0 Å². The lowest BCUT2D eigenvalue weighted by Gasteiger charge is -2.12. The van der Waals surface area contributed by atoms with Crippen LogP contribution in [0.4, 0.5) is 0 Å². The maximum atomic E-state index is 6.45. The van der Waals surface area contributed by atoms with Crippen LogP contribution >= 0.6 is 11.3 Å². The first-order chi connectivity index (χ1) is 26.7. The molecule has 0 saturated heterocycles. The lowest BCUT2D eigenvalue weighted by atomic mass is 9.98. The summed E-state index contributed by atoms with van der Waals surface area (Å²) < 4.78 is 8.89. The van der Waals surface area contributed by atoms with Gasteiger partial charge in [-0.1, -0.05) is 146 Å². The van der Waals surface area contributed by atoms with E-state index in [-0.39, 0.29) is 0 Å². The molecule has 4 aromatic heterocycles. The highest BCUT2D eigenvalue weighted by Crippen LogP contribution is 2.44. The van der Waals surface area contributed by atoms with Crippen LogP contribution in [0.15, 0.2) is 174 Å². The van der Waals surface area contributed by atoms with Crippen molar-refractivity contribution < 1.29 is 4.42 Å². The second-order valence-corrected chi connectivity index (χ2v) is 14.4. The highest BCUT2D eigenvalue weighted by molar-refractivity contribution is 7.26. The summed E-state index contributed by atoms with van der Waals surface area (Å²) in [7, 11) is 0. The van der Waals surface area contributed by atoms with Gasteiger partial charge in [-0.05, 0) is 29.8 Å². The SMILES string of the molecule is c1ccc(-c2nc(-c3ccccc3)nc(-c3cccc(-c4nc5cc(-c6cccc7c6oc6ccccc67)ccc5c5sc6ccccc6c45)c3)n2)cc1. The summed E-state index contributed by atoms with van der Waals surface area (Å²) >= 11 is 1.82. The molecule has 0 amide bonds. The van der Waals surface area contributed by atoms with Crippen molar-refractivity contribution in [2.24, 2.45) is 0 Å². The fraction of sp³-hybridized carbons (Fsp3) is 0. The maximum Gasteiger partial charge on any atom is 0.164 e. The normalized spacial score (nSPS) is 11.7. The van der Waals surface area contributed by atoms with Crippen molar-refractivity contribution in [2.45, 2.75) is 0 Å². The molecule has 6 heteroatoms. The predicted octanol–water partition coefficient (Wildman–Crippen LogP) is 13.0. The van der Waals surface area contributed by atoms with Gasteiger partial charge in [0.15, 0.2) is 17.5 Å². The van der Waals surface area contributed by atoms with Crippen molar-refractivity contribution in [1.82, 2.24) is 19.9 Å². The van der Waals surface area contributed by atoms with Crippen molar-refractivity contribution >= 4 is 64.4 Å². The Hall–Kier alpha value is -7.02. The van der Waals surface area contributed by atoms with Crippen molar-refractivity contribution in [3.8, 4) is 56.5 Å². The van der Waals surface area contributed by atoms with Crippen LogP contribution in [-0.4, -0.2) is 19.9 Å². The van der Waals surface area contributed by atoms with E-state index in [4.69, 9.17) is 24.4 Å². The lowest BCUT2D eigenvalue weighted by Crippen LogP contribution is -2.00. The quantitative estimate of drug-likeness (QED) is 0.178. The number of thiophene rings is 1. The number of nitrogens with zero attached hydrogens (tertiary/aromatic N) is 4. The molecule has 0 saturated carbocycles. The molecule has 0 aliphatic heterocycles. The maximum absolute atomic E-state index is 6.45. The highest BCUT2D eigenvalue weighted by atomic mass is 32.1. The van der Waals surface area contributed by atoms with Gasteiger partial charge in [-0.25, -0.2) is 19.9 Å². The van der Waals surface area contributed by atoms with Gasteiger partial charge in [0.05, 0.1) is 11.2 Å². The van der Waals surface area contributed by atoms with Gasteiger partial charge in [0.25, 0.3) is 0 Å². The average Bonchev–Trinajstić information content (AvgIpc) is 3.83. The molecule has 0 radical (unpaired) electrons. The Kier molecular flexibility index (Phi) is 6.97. The van der Waals surface area contributed by atoms with Crippen LogP contribution in [0, 0.1) is 0 Å². The number of para-hydroxylation sites is 2. The molecule has 11 aromatic rings. The van der Waals surface area contributed by atoms with Crippen LogP contribution in [-0.2, 0) is 0 Å². The molecule has 0 bridgehead atoms. The van der Waals surface area contributed by atoms with Crippen LogP contribution in [0.2, 0.25) is 0 Å². The molecule has 0 unspecified atom stereocenters. The summed E-state index contributed by atoms with van der Waals surface area (Å²) in [6, 6.07) is 58.4. The Morgan fingerprint density at radius 2 is 1.02 bits per heavy atom. The van der Waals surface area contributed by atoms with E-state index in [0.717, 1.165) is 77.3 Å². The minimum atomic E-state index is 0.609. The van der Waals surface area contributed by atoms with E-state index >= 15 is 0 Å². The Labute approximate surface area is 313 Å². The smallest absolute Gasteiger partial charge is 0.164 e. The fourth-order valence-corrected chi connectivity index (χ4v) is 8.79. The molecule has 54 heavy (non-hydrogen) atoms. The summed E-state index contributed by atoms with van der Waals surface area (Å²) in [6.07, 6.45) is 0. The summed E-state index contributed by atoms with van der Waals surface area (Å²) in [5.74, 6) is 1.87. The molecule has 0 atom stereocenters. The molecule has 0 aliphatic carbocycles. The lowest BCUT2D eigenvalue weighted by molar-refractivity contribution is 0.670. The van der Waals surface area contributed by atoms with Crippen molar-refractivity contribution in [2.75, 3.05) is 0 Å². The first-order valence-corrected chi connectivity index (χ1v) is 18.7. The number of fused-ring (bicyclic) bond motifs is 8. The minimum absolute atomic E-state index is 0.609. The Bertz CT molecular complexity index is 3170. The zero-order valence-electron chi connectivity index (χ0n) is 28.8. The predicted molar refractivity (Wildman–Crippen MR) is 222 cm³/mol. The molecule has 11 rings (SSSR count). The van der Waals surface area contributed by atoms with E-state index in [9.17, 15) is 0 Å². The third-order valence-electron chi connectivity index (χ3n) is 10.1. The van der Waals surface area contributed by atoms with E-state index < -0.39 is 0 Å². The van der Waals surface area contributed by atoms with Crippen LogP contribution in [0.5, 0.6) is 0 Å². The number of hydrogen-bond acceptors (Lipinski definition) is 6. The molecule has 0 N–H and O–H groups in total. The topological polar surface area (TPSA) is 64.7 Å². The number of rotatable bonds is 5. The van der Waals surface area contributed by atoms with Crippen LogP contribution in [0.3, 0.4) is 0 Å². The number of benzene rings is 7. The van der Waals surface area contributed by atoms with E-state index in [1.165, 1.54) is 14.8 Å². The van der Waals surface area contributed by atoms with Gasteiger partial charge in [-0.15, -0.1) is 11.3 Å². The molecular formula is C48H28N4OS. The summed E-state index contributed by atoms with van der Waals surface area (Å²) in [4.78, 5) is 20.4.